The molecule has 6 nitrogen and oxygen atoms in total. The third kappa shape index (κ3) is 3.64. The predicted octanol–water partition coefficient (Wildman–Crippen LogP) is 5.38. The number of fused-ring (bicyclic) bond motifs is 1. The number of benzene rings is 2. The number of aromatic nitrogens is 2. The summed E-state index contributed by atoms with van der Waals surface area (Å²) in [4.78, 5) is 24.8. The minimum absolute atomic E-state index is 0.249. The predicted molar refractivity (Wildman–Crippen MR) is 120 cm³/mol. The van der Waals surface area contributed by atoms with E-state index in [-0.39, 0.29) is 5.91 Å². The third-order valence-corrected chi connectivity index (χ3v) is 6.03. The van der Waals surface area contributed by atoms with Gasteiger partial charge in [0.05, 0.1) is 23.1 Å². The van der Waals surface area contributed by atoms with Gasteiger partial charge < -0.3 is 9.73 Å². The summed E-state index contributed by atoms with van der Waals surface area (Å²) in [6.07, 6.45) is 3.64. The maximum absolute atomic E-state index is 13.1. The van der Waals surface area contributed by atoms with E-state index >= 15 is 0 Å². The van der Waals surface area contributed by atoms with Crippen molar-refractivity contribution in [2.75, 3.05) is 5.32 Å². The summed E-state index contributed by atoms with van der Waals surface area (Å²) in [7, 11) is 0. The zero-order chi connectivity index (χ0) is 21.7. The van der Waals surface area contributed by atoms with Crippen LogP contribution in [0.3, 0.4) is 0 Å². The molecule has 1 aliphatic carbocycles. The zero-order valence-electron chi connectivity index (χ0n) is 17.1. The maximum atomic E-state index is 13.1. The van der Waals surface area contributed by atoms with Crippen molar-refractivity contribution < 1.29 is 9.21 Å². The summed E-state index contributed by atoms with van der Waals surface area (Å²) in [6, 6.07) is 12.5. The number of amides is 1. The van der Waals surface area contributed by atoms with Gasteiger partial charge >= 0.3 is 5.63 Å². The molecule has 1 amide bonds. The van der Waals surface area contributed by atoms with Gasteiger partial charge in [-0.15, -0.1) is 0 Å². The summed E-state index contributed by atoms with van der Waals surface area (Å²) >= 11 is 6.31. The first-order valence-electron chi connectivity index (χ1n) is 10.1. The molecule has 7 heteroatoms. The van der Waals surface area contributed by atoms with Gasteiger partial charge in [-0.2, -0.15) is 5.10 Å². The number of carbonyl (C=O) groups excluding carboxylic acids is 1. The van der Waals surface area contributed by atoms with Crippen molar-refractivity contribution in [3.8, 4) is 5.69 Å². The van der Waals surface area contributed by atoms with Crippen molar-refractivity contribution in [2.24, 2.45) is 0 Å². The molecule has 31 heavy (non-hydrogen) atoms. The molecule has 2 heterocycles. The van der Waals surface area contributed by atoms with E-state index in [9.17, 15) is 9.59 Å². The summed E-state index contributed by atoms with van der Waals surface area (Å²) in [5.74, 6) is 0.0429. The molecule has 0 bridgehead atoms. The quantitative estimate of drug-likeness (QED) is 0.438. The number of rotatable bonds is 4. The molecule has 4 aromatic rings. The first kappa shape index (κ1) is 19.6. The van der Waals surface area contributed by atoms with Crippen LogP contribution in [0.5, 0.6) is 0 Å². The lowest BCUT2D eigenvalue weighted by Crippen LogP contribution is -2.14. The van der Waals surface area contributed by atoms with Crippen LogP contribution in [-0.2, 0) is 0 Å². The molecule has 1 N–H and O–H groups in total. The number of hydrogen-bond acceptors (Lipinski definition) is 4. The molecule has 0 aliphatic heterocycles. The van der Waals surface area contributed by atoms with Gasteiger partial charge in [0.25, 0.3) is 5.91 Å². The molecule has 1 fully saturated rings. The molecule has 2 aromatic carbocycles. The lowest BCUT2D eigenvalue weighted by Gasteiger charge is -2.11. The Morgan fingerprint density at radius 2 is 1.94 bits per heavy atom. The fourth-order valence-electron chi connectivity index (χ4n) is 3.80. The van der Waals surface area contributed by atoms with Gasteiger partial charge in [0.15, 0.2) is 0 Å². The van der Waals surface area contributed by atoms with Crippen LogP contribution in [0, 0.1) is 13.8 Å². The second-order valence-electron chi connectivity index (χ2n) is 7.98. The minimum Gasteiger partial charge on any atom is -0.423 e. The van der Waals surface area contributed by atoms with Gasteiger partial charge in [-0.3, -0.25) is 4.79 Å². The number of nitrogens with one attached hydrogen (secondary N) is 1. The van der Waals surface area contributed by atoms with Gasteiger partial charge in [-0.25, -0.2) is 9.48 Å². The molecule has 0 unspecified atom stereocenters. The van der Waals surface area contributed by atoms with E-state index in [1.165, 1.54) is 6.07 Å². The standard InChI is InChI=1S/C24H20ClN3O3/c1-13-3-7-17(11-20(13)25)28-23(15-4-5-15)19(12-26-28)24(30)27-16-6-8-18-14(2)9-22(29)31-21(18)10-16/h3,6-12,15H,4-5H2,1-2H3,(H,27,30). The maximum Gasteiger partial charge on any atom is 0.336 e. The molecule has 0 spiro atoms. The van der Waals surface area contributed by atoms with Crippen LogP contribution in [0.2, 0.25) is 5.02 Å². The normalized spacial score (nSPS) is 13.5. The SMILES string of the molecule is Cc1ccc(-n2ncc(C(=O)Nc3ccc4c(C)cc(=O)oc4c3)c2C2CC2)cc1Cl. The fraction of sp³-hybridized carbons (Fsp3) is 0.208. The van der Waals surface area contributed by atoms with Crippen molar-refractivity contribution >= 4 is 34.2 Å². The Labute approximate surface area is 183 Å². The van der Waals surface area contributed by atoms with Gasteiger partial charge in [0, 0.05) is 34.1 Å². The number of anilines is 1. The van der Waals surface area contributed by atoms with Crippen molar-refractivity contribution in [1.29, 1.82) is 0 Å². The number of carbonyl (C=O) groups is 1. The smallest absolute Gasteiger partial charge is 0.336 e. The van der Waals surface area contributed by atoms with Crippen LogP contribution in [0.4, 0.5) is 5.69 Å². The summed E-state index contributed by atoms with van der Waals surface area (Å²) in [5.41, 5.74) is 4.65. The fourth-order valence-corrected chi connectivity index (χ4v) is 3.98. The molecule has 5 rings (SSSR count). The molecule has 0 radical (unpaired) electrons. The van der Waals surface area contributed by atoms with Crippen molar-refractivity contribution in [2.45, 2.75) is 32.6 Å². The van der Waals surface area contributed by atoms with Gasteiger partial charge in [-0.05, 0) is 62.1 Å². The number of aryl methyl sites for hydroxylation is 2. The molecule has 0 saturated heterocycles. The van der Waals surface area contributed by atoms with E-state index in [0.29, 0.717) is 27.8 Å². The first-order valence-corrected chi connectivity index (χ1v) is 10.5. The molecule has 2 aromatic heterocycles. The second kappa shape index (κ2) is 7.39. The monoisotopic (exact) mass is 433 g/mol. The largest absolute Gasteiger partial charge is 0.423 e. The van der Waals surface area contributed by atoms with Crippen LogP contribution in [0.1, 0.15) is 45.9 Å². The highest BCUT2D eigenvalue weighted by atomic mass is 35.5. The zero-order valence-corrected chi connectivity index (χ0v) is 17.9. The summed E-state index contributed by atoms with van der Waals surface area (Å²) < 4.78 is 7.10. The van der Waals surface area contributed by atoms with Crippen LogP contribution in [-0.4, -0.2) is 15.7 Å². The van der Waals surface area contributed by atoms with E-state index in [0.717, 1.165) is 40.7 Å². The van der Waals surface area contributed by atoms with Crippen molar-refractivity contribution in [3.63, 3.8) is 0 Å². The van der Waals surface area contributed by atoms with E-state index in [2.05, 4.69) is 10.4 Å². The molecular formula is C24H20ClN3O3. The molecule has 1 saturated carbocycles. The number of halogens is 1. The second-order valence-corrected chi connectivity index (χ2v) is 8.38. The van der Waals surface area contributed by atoms with E-state index < -0.39 is 5.63 Å². The lowest BCUT2D eigenvalue weighted by molar-refractivity contribution is 0.102. The van der Waals surface area contributed by atoms with E-state index in [4.69, 9.17) is 16.0 Å². The van der Waals surface area contributed by atoms with Crippen molar-refractivity contribution in [1.82, 2.24) is 9.78 Å². The summed E-state index contributed by atoms with van der Waals surface area (Å²) in [5, 5.41) is 8.90. The Balaban J connectivity index is 1.50. The Bertz CT molecular complexity index is 1400. The Morgan fingerprint density at radius 1 is 1.13 bits per heavy atom. The van der Waals surface area contributed by atoms with Gasteiger partial charge in [-0.1, -0.05) is 17.7 Å². The minimum atomic E-state index is -0.414. The molecule has 156 valence electrons. The average Bonchev–Trinajstić information content (AvgIpc) is 3.47. The van der Waals surface area contributed by atoms with Crippen LogP contribution in [0.25, 0.3) is 16.7 Å². The number of nitrogens with zero attached hydrogens (tertiary/aromatic N) is 2. The number of hydrogen-bond donors (Lipinski definition) is 1. The van der Waals surface area contributed by atoms with E-state index in [1.54, 1.807) is 23.0 Å². The molecule has 0 atom stereocenters. The highest BCUT2D eigenvalue weighted by Crippen LogP contribution is 2.43. The highest BCUT2D eigenvalue weighted by molar-refractivity contribution is 6.31. The van der Waals surface area contributed by atoms with Gasteiger partial charge in [0.2, 0.25) is 0 Å². The van der Waals surface area contributed by atoms with Crippen LogP contribution < -0.4 is 10.9 Å². The van der Waals surface area contributed by atoms with Crippen LogP contribution in [0.15, 0.2) is 57.9 Å². The molecular weight excluding hydrogens is 414 g/mol. The lowest BCUT2D eigenvalue weighted by atomic mass is 10.1. The van der Waals surface area contributed by atoms with Crippen molar-refractivity contribution in [3.05, 3.63) is 86.5 Å². The summed E-state index contributed by atoms with van der Waals surface area (Å²) in [6.45, 7) is 3.80. The first-order chi connectivity index (χ1) is 14.9. The topological polar surface area (TPSA) is 77.1 Å². The highest BCUT2D eigenvalue weighted by Gasteiger charge is 2.33. The Morgan fingerprint density at radius 3 is 2.68 bits per heavy atom. The Hall–Kier alpha value is -3.38. The van der Waals surface area contributed by atoms with E-state index in [1.807, 2.05) is 38.1 Å². The van der Waals surface area contributed by atoms with Gasteiger partial charge in [0.1, 0.15) is 5.58 Å². The van der Waals surface area contributed by atoms with Crippen LogP contribution >= 0.6 is 11.6 Å². The Kier molecular flexibility index (Phi) is 4.67. The molecule has 1 aliphatic rings. The third-order valence-electron chi connectivity index (χ3n) is 5.62. The average molecular weight is 434 g/mol.